The van der Waals surface area contributed by atoms with Crippen LogP contribution >= 0.6 is 15.9 Å². The highest BCUT2D eigenvalue weighted by Gasteiger charge is 2.31. The molecule has 1 heterocycles. The fourth-order valence-corrected chi connectivity index (χ4v) is 3.45. The number of hydrogen-bond donors (Lipinski definition) is 0. The molecule has 0 N–H and O–H groups in total. The molecule has 0 aliphatic carbocycles. The first-order chi connectivity index (χ1) is 13.9. The zero-order valence-electron chi connectivity index (χ0n) is 15.7. The van der Waals surface area contributed by atoms with Crippen molar-refractivity contribution < 1.29 is 28.2 Å². The minimum absolute atomic E-state index is 0.00375. The van der Waals surface area contributed by atoms with E-state index in [0.29, 0.717) is 10.2 Å². The number of aromatic nitrogens is 2. The molecule has 7 nitrogen and oxygen atoms in total. The Morgan fingerprint density at radius 1 is 1.03 bits per heavy atom. The van der Waals surface area contributed by atoms with Crippen molar-refractivity contribution in [2.45, 2.75) is 0 Å². The predicted molar refractivity (Wildman–Crippen MR) is 106 cm³/mol. The molecule has 0 bridgehead atoms. The van der Waals surface area contributed by atoms with Crippen LogP contribution in [0.2, 0.25) is 0 Å². The van der Waals surface area contributed by atoms with Crippen LogP contribution in [0.4, 0.5) is 4.39 Å². The zero-order chi connectivity index (χ0) is 21.1. The molecule has 0 radical (unpaired) electrons. The van der Waals surface area contributed by atoms with Crippen LogP contribution in [0.15, 0.2) is 46.9 Å². The number of methoxy groups -OCH3 is 3. The van der Waals surface area contributed by atoms with Gasteiger partial charge in [-0.05, 0) is 40.2 Å². The third kappa shape index (κ3) is 3.73. The molecule has 0 atom stereocenters. The summed E-state index contributed by atoms with van der Waals surface area (Å²) in [7, 11) is 3.70. The van der Waals surface area contributed by atoms with Gasteiger partial charge in [0, 0.05) is 5.56 Å². The van der Waals surface area contributed by atoms with Crippen LogP contribution in [0.1, 0.15) is 20.8 Å². The molecule has 0 saturated carbocycles. The minimum Gasteiger partial charge on any atom is -0.492 e. The Balaban J connectivity index is 2.37. The number of halogens is 2. The maximum Gasteiger partial charge on any atom is 0.357 e. The van der Waals surface area contributed by atoms with Crippen LogP contribution in [0, 0.1) is 5.82 Å². The number of hydrogen-bond acceptors (Lipinski definition) is 6. The molecule has 3 aromatic rings. The molecule has 0 fully saturated rings. The predicted octanol–water partition coefficient (Wildman–Crippen LogP) is 4.02. The van der Waals surface area contributed by atoms with E-state index in [1.165, 1.54) is 32.1 Å². The number of esters is 2. The van der Waals surface area contributed by atoms with Gasteiger partial charge in [0.1, 0.15) is 11.3 Å². The minimum atomic E-state index is -0.810. The molecule has 3 rings (SSSR count). The third-order valence-corrected chi connectivity index (χ3v) is 4.72. The van der Waals surface area contributed by atoms with Crippen molar-refractivity contribution >= 4 is 27.9 Å². The van der Waals surface area contributed by atoms with Crippen LogP contribution in [0.25, 0.3) is 16.9 Å². The van der Waals surface area contributed by atoms with Gasteiger partial charge in [0.15, 0.2) is 17.3 Å². The van der Waals surface area contributed by atoms with Gasteiger partial charge in [-0.2, -0.15) is 5.10 Å². The third-order valence-electron chi connectivity index (χ3n) is 4.13. The normalized spacial score (nSPS) is 10.5. The summed E-state index contributed by atoms with van der Waals surface area (Å²) in [6.07, 6.45) is 0. The van der Waals surface area contributed by atoms with E-state index in [9.17, 15) is 14.0 Å². The second-order valence-corrected chi connectivity index (χ2v) is 6.63. The second-order valence-electron chi connectivity index (χ2n) is 5.78. The first-order valence-electron chi connectivity index (χ1n) is 8.31. The van der Waals surface area contributed by atoms with E-state index >= 15 is 0 Å². The maximum absolute atomic E-state index is 14.5. The average Bonchev–Trinajstić information content (AvgIpc) is 3.13. The second kappa shape index (κ2) is 8.44. The van der Waals surface area contributed by atoms with Crippen molar-refractivity contribution in [1.29, 1.82) is 0 Å². The number of nitrogens with zero attached hydrogens (tertiary/aromatic N) is 2. The van der Waals surface area contributed by atoms with Gasteiger partial charge in [-0.3, -0.25) is 0 Å². The summed E-state index contributed by atoms with van der Waals surface area (Å²) in [6.45, 7) is 0. The van der Waals surface area contributed by atoms with E-state index in [1.807, 2.05) is 0 Å². The quantitative estimate of drug-likeness (QED) is 0.532. The Hall–Kier alpha value is -3.20. The standard InChI is InChI=1S/C20H16BrFN2O5/c1-27-18-13(21)9-11(10-14(18)22)16-15(19(25)28-2)17(20(26)29-3)24(23-16)12-7-5-4-6-8-12/h4-10H,1-3H3. The topological polar surface area (TPSA) is 79.7 Å². The van der Waals surface area contributed by atoms with Crippen molar-refractivity contribution in [3.8, 4) is 22.7 Å². The smallest absolute Gasteiger partial charge is 0.357 e. The van der Waals surface area contributed by atoms with Gasteiger partial charge in [-0.25, -0.2) is 18.7 Å². The zero-order valence-corrected chi connectivity index (χ0v) is 17.3. The monoisotopic (exact) mass is 462 g/mol. The van der Waals surface area contributed by atoms with Gasteiger partial charge >= 0.3 is 11.9 Å². The van der Waals surface area contributed by atoms with Crippen LogP contribution in [0.3, 0.4) is 0 Å². The molecule has 1 aromatic heterocycles. The molecule has 0 saturated heterocycles. The number of benzene rings is 2. The molecule has 2 aromatic carbocycles. The lowest BCUT2D eigenvalue weighted by molar-refractivity contribution is 0.0549. The average molecular weight is 463 g/mol. The Labute approximate surface area is 174 Å². The van der Waals surface area contributed by atoms with Crippen molar-refractivity contribution in [3.05, 3.63) is 64.0 Å². The Bertz CT molecular complexity index is 1060. The molecule has 0 aliphatic heterocycles. The van der Waals surface area contributed by atoms with E-state index in [0.717, 1.165) is 6.07 Å². The summed E-state index contributed by atoms with van der Waals surface area (Å²) < 4.78 is 30.8. The van der Waals surface area contributed by atoms with Crippen molar-refractivity contribution in [2.75, 3.05) is 21.3 Å². The number of rotatable bonds is 5. The van der Waals surface area contributed by atoms with E-state index in [-0.39, 0.29) is 28.3 Å². The summed E-state index contributed by atoms with van der Waals surface area (Å²) in [5, 5.41) is 4.41. The van der Waals surface area contributed by atoms with E-state index in [2.05, 4.69) is 21.0 Å². The molecule has 29 heavy (non-hydrogen) atoms. The number of ether oxygens (including phenoxy) is 3. The lowest BCUT2D eigenvalue weighted by atomic mass is 10.1. The fraction of sp³-hybridized carbons (Fsp3) is 0.150. The van der Waals surface area contributed by atoms with Crippen molar-refractivity contribution in [1.82, 2.24) is 9.78 Å². The molecule has 0 aliphatic rings. The first-order valence-corrected chi connectivity index (χ1v) is 9.10. The van der Waals surface area contributed by atoms with E-state index < -0.39 is 17.8 Å². The largest absolute Gasteiger partial charge is 0.492 e. The van der Waals surface area contributed by atoms with Crippen LogP contribution in [-0.4, -0.2) is 43.0 Å². The molecule has 0 amide bonds. The van der Waals surface area contributed by atoms with Gasteiger partial charge < -0.3 is 14.2 Å². The van der Waals surface area contributed by atoms with Crippen LogP contribution in [0.5, 0.6) is 5.75 Å². The fourth-order valence-electron chi connectivity index (χ4n) is 2.85. The summed E-state index contributed by atoms with van der Waals surface area (Å²) in [5.41, 5.74) is 0.545. The first kappa shape index (κ1) is 20.5. The van der Waals surface area contributed by atoms with Crippen LogP contribution < -0.4 is 4.74 Å². The Morgan fingerprint density at radius 2 is 1.69 bits per heavy atom. The Kier molecular flexibility index (Phi) is 5.97. The Morgan fingerprint density at radius 3 is 2.24 bits per heavy atom. The SMILES string of the molecule is COC(=O)c1c(-c2cc(F)c(OC)c(Br)c2)nn(-c2ccccc2)c1C(=O)OC. The summed E-state index contributed by atoms with van der Waals surface area (Å²) in [6, 6.07) is 11.4. The maximum atomic E-state index is 14.5. The highest BCUT2D eigenvalue weighted by Crippen LogP contribution is 2.36. The summed E-state index contributed by atoms with van der Waals surface area (Å²) in [4.78, 5) is 25.1. The van der Waals surface area contributed by atoms with Crippen molar-refractivity contribution in [2.24, 2.45) is 0 Å². The lowest BCUT2D eigenvalue weighted by Crippen LogP contribution is -2.15. The molecule has 0 spiro atoms. The van der Waals surface area contributed by atoms with Gasteiger partial charge in [0.05, 0.1) is 31.5 Å². The molecule has 0 unspecified atom stereocenters. The van der Waals surface area contributed by atoms with E-state index in [4.69, 9.17) is 14.2 Å². The molecule has 9 heteroatoms. The molecular weight excluding hydrogens is 447 g/mol. The highest BCUT2D eigenvalue weighted by atomic mass is 79.9. The lowest BCUT2D eigenvalue weighted by Gasteiger charge is -2.08. The van der Waals surface area contributed by atoms with Gasteiger partial charge in [0.25, 0.3) is 0 Å². The highest BCUT2D eigenvalue weighted by molar-refractivity contribution is 9.10. The van der Waals surface area contributed by atoms with Gasteiger partial charge in [0.2, 0.25) is 0 Å². The van der Waals surface area contributed by atoms with Crippen molar-refractivity contribution in [3.63, 3.8) is 0 Å². The summed E-state index contributed by atoms with van der Waals surface area (Å²) >= 11 is 3.24. The van der Waals surface area contributed by atoms with Gasteiger partial charge in [-0.15, -0.1) is 0 Å². The van der Waals surface area contributed by atoms with E-state index in [1.54, 1.807) is 30.3 Å². The van der Waals surface area contributed by atoms with Gasteiger partial charge in [-0.1, -0.05) is 18.2 Å². The summed E-state index contributed by atoms with van der Waals surface area (Å²) in [5.74, 6) is -2.26. The number of carbonyl (C=O) groups excluding carboxylic acids is 2. The molecular formula is C20H16BrFN2O5. The molecule has 150 valence electrons. The van der Waals surface area contributed by atoms with Crippen LogP contribution in [-0.2, 0) is 9.47 Å². The number of para-hydroxylation sites is 1. The number of carbonyl (C=O) groups is 2.